The average molecular weight is 389 g/mol. The van der Waals surface area contributed by atoms with E-state index < -0.39 is 29.9 Å². The molecule has 142 valence electrons. The van der Waals surface area contributed by atoms with Gasteiger partial charge < -0.3 is 15.4 Å². The molecule has 2 atom stereocenters. The lowest BCUT2D eigenvalue weighted by Crippen LogP contribution is -2.43. The first-order valence-electron chi connectivity index (χ1n) is 8.46. The summed E-state index contributed by atoms with van der Waals surface area (Å²) in [5.74, 6) is -1.54. The molecule has 27 heavy (non-hydrogen) atoms. The van der Waals surface area contributed by atoms with Gasteiger partial charge in [0.1, 0.15) is 6.04 Å². The van der Waals surface area contributed by atoms with E-state index in [9.17, 15) is 14.4 Å². The number of halogens is 1. The van der Waals surface area contributed by atoms with Gasteiger partial charge in [0, 0.05) is 17.1 Å². The summed E-state index contributed by atoms with van der Waals surface area (Å²) in [6, 6.07) is 14.7. The van der Waals surface area contributed by atoms with E-state index in [1.165, 1.54) is 13.8 Å². The van der Waals surface area contributed by atoms with Crippen molar-refractivity contribution in [1.82, 2.24) is 10.6 Å². The van der Waals surface area contributed by atoms with Crippen LogP contribution >= 0.6 is 11.6 Å². The second-order valence-electron chi connectivity index (χ2n) is 5.95. The number of carbonyl (C=O) groups excluding carboxylic acids is 3. The van der Waals surface area contributed by atoms with Gasteiger partial charge in [0.15, 0.2) is 6.10 Å². The standard InChI is InChI=1S/C20H21ClN2O4/c1-13(23-19(25)15-8-4-3-5-9-15)20(26)27-14(2)18(24)22-12-16-10-6-7-11-17(16)21/h3-11,13-14H,12H2,1-2H3,(H,22,24)(H,23,25)/t13-,14+/m0/s1. The number of carbonyl (C=O) groups is 3. The monoisotopic (exact) mass is 388 g/mol. The molecule has 2 rings (SSSR count). The van der Waals surface area contributed by atoms with Gasteiger partial charge in [0.2, 0.25) is 0 Å². The summed E-state index contributed by atoms with van der Waals surface area (Å²) in [6.45, 7) is 3.18. The fourth-order valence-electron chi connectivity index (χ4n) is 2.23. The molecule has 0 aliphatic rings. The maximum atomic E-state index is 12.1. The predicted octanol–water partition coefficient (Wildman–Crippen LogP) is 2.71. The normalized spacial score (nSPS) is 12.6. The van der Waals surface area contributed by atoms with Crippen LogP contribution in [-0.4, -0.2) is 29.9 Å². The van der Waals surface area contributed by atoms with Gasteiger partial charge in [0.05, 0.1) is 0 Å². The lowest BCUT2D eigenvalue weighted by molar-refractivity contribution is -0.156. The zero-order valence-corrected chi connectivity index (χ0v) is 15.8. The second-order valence-corrected chi connectivity index (χ2v) is 6.36. The van der Waals surface area contributed by atoms with Crippen molar-refractivity contribution in [3.05, 3.63) is 70.7 Å². The molecule has 2 N–H and O–H groups in total. The van der Waals surface area contributed by atoms with E-state index in [2.05, 4.69) is 10.6 Å². The van der Waals surface area contributed by atoms with Crippen LogP contribution in [0.15, 0.2) is 54.6 Å². The van der Waals surface area contributed by atoms with Crippen molar-refractivity contribution in [2.75, 3.05) is 0 Å². The van der Waals surface area contributed by atoms with Gasteiger partial charge >= 0.3 is 5.97 Å². The van der Waals surface area contributed by atoms with Gasteiger partial charge in [-0.3, -0.25) is 9.59 Å². The number of hydrogen-bond donors (Lipinski definition) is 2. The van der Waals surface area contributed by atoms with Crippen LogP contribution in [0.25, 0.3) is 0 Å². The van der Waals surface area contributed by atoms with E-state index in [1.54, 1.807) is 48.5 Å². The Hall–Kier alpha value is -2.86. The summed E-state index contributed by atoms with van der Waals surface area (Å²) >= 11 is 6.04. The average Bonchev–Trinajstić information content (AvgIpc) is 2.67. The first kappa shape index (κ1) is 20.5. The van der Waals surface area contributed by atoms with Crippen LogP contribution in [0.4, 0.5) is 0 Å². The van der Waals surface area contributed by atoms with Crippen LogP contribution in [-0.2, 0) is 20.9 Å². The van der Waals surface area contributed by atoms with Gasteiger partial charge in [-0.2, -0.15) is 0 Å². The van der Waals surface area contributed by atoms with Crippen molar-refractivity contribution in [2.24, 2.45) is 0 Å². The van der Waals surface area contributed by atoms with Crippen molar-refractivity contribution in [3.63, 3.8) is 0 Å². The molecule has 0 saturated carbocycles. The summed E-state index contributed by atoms with van der Waals surface area (Å²) < 4.78 is 5.13. The molecule has 0 fully saturated rings. The van der Waals surface area contributed by atoms with E-state index in [4.69, 9.17) is 16.3 Å². The van der Waals surface area contributed by atoms with Crippen molar-refractivity contribution in [2.45, 2.75) is 32.5 Å². The molecule has 0 unspecified atom stereocenters. The van der Waals surface area contributed by atoms with Crippen LogP contribution in [0.2, 0.25) is 5.02 Å². The first-order valence-corrected chi connectivity index (χ1v) is 8.84. The highest BCUT2D eigenvalue weighted by molar-refractivity contribution is 6.31. The summed E-state index contributed by atoms with van der Waals surface area (Å²) in [5, 5.41) is 5.75. The molecule has 0 aliphatic carbocycles. The molecule has 7 heteroatoms. The van der Waals surface area contributed by atoms with Crippen molar-refractivity contribution < 1.29 is 19.1 Å². The minimum absolute atomic E-state index is 0.223. The summed E-state index contributed by atoms with van der Waals surface area (Å²) in [7, 11) is 0. The largest absolute Gasteiger partial charge is 0.451 e. The highest BCUT2D eigenvalue weighted by Gasteiger charge is 2.23. The quantitative estimate of drug-likeness (QED) is 0.714. The Labute approximate surface area is 162 Å². The van der Waals surface area contributed by atoms with Crippen LogP contribution in [0.3, 0.4) is 0 Å². The minimum atomic E-state index is -1.00. The highest BCUT2D eigenvalue weighted by atomic mass is 35.5. The molecule has 0 bridgehead atoms. The molecule has 0 saturated heterocycles. The Morgan fingerprint density at radius 3 is 2.30 bits per heavy atom. The number of nitrogens with one attached hydrogen (secondary N) is 2. The predicted molar refractivity (Wildman–Crippen MR) is 102 cm³/mol. The fraction of sp³-hybridized carbons (Fsp3) is 0.250. The lowest BCUT2D eigenvalue weighted by atomic mass is 10.2. The number of amides is 2. The number of benzene rings is 2. The zero-order chi connectivity index (χ0) is 19.8. The third-order valence-electron chi connectivity index (χ3n) is 3.81. The lowest BCUT2D eigenvalue weighted by Gasteiger charge is -2.18. The number of ether oxygens (including phenoxy) is 1. The molecule has 0 aromatic heterocycles. The molecule has 0 spiro atoms. The van der Waals surface area contributed by atoms with Crippen molar-refractivity contribution in [3.8, 4) is 0 Å². The molecule has 6 nitrogen and oxygen atoms in total. The van der Waals surface area contributed by atoms with Gasteiger partial charge in [0.25, 0.3) is 11.8 Å². The SMILES string of the molecule is C[C@H](NC(=O)c1ccccc1)C(=O)O[C@H](C)C(=O)NCc1ccccc1Cl. The van der Waals surface area contributed by atoms with Gasteiger partial charge in [-0.15, -0.1) is 0 Å². The van der Waals surface area contributed by atoms with Crippen molar-refractivity contribution in [1.29, 1.82) is 0 Å². The third kappa shape index (κ3) is 6.11. The number of rotatable bonds is 7. The summed E-state index contributed by atoms with van der Waals surface area (Å²) in [5.41, 5.74) is 1.19. The van der Waals surface area contributed by atoms with E-state index in [-0.39, 0.29) is 6.54 Å². The van der Waals surface area contributed by atoms with Crippen LogP contribution in [0.1, 0.15) is 29.8 Å². The van der Waals surface area contributed by atoms with Crippen LogP contribution in [0.5, 0.6) is 0 Å². The Morgan fingerprint density at radius 1 is 1.00 bits per heavy atom. The summed E-state index contributed by atoms with van der Waals surface area (Å²) in [6.07, 6.45) is -1.00. The topological polar surface area (TPSA) is 84.5 Å². The zero-order valence-electron chi connectivity index (χ0n) is 15.1. The highest BCUT2D eigenvalue weighted by Crippen LogP contribution is 2.14. The Kier molecular flexibility index (Phi) is 7.37. The fourth-order valence-corrected chi connectivity index (χ4v) is 2.43. The smallest absolute Gasteiger partial charge is 0.329 e. The number of hydrogen-bond acceptors (Lipinski definition) is 4. The summed E-state index contributed by atoms with van der Waals surface area (Å²) in [4.78, 5) is 36.3. The maximum Gasteiger partial charge on any atom is 0.329 e. The molecule has 0 heterocycles. The Bertz CT molecular complexity index is 811. The number of esters is 1. The van der Waals surface area contributed by atoms with Gasteiger partial charge in [-0.1, -0.05) is 48.0 Å². The third-order valence-corrected chi connectivity index (χ3v) is 4.18. The van der Waals surface area contributed by atoms with E-state index in [0.29, 0.717) is 10.6 Å². The molecule has 0 aliphatic heterocycles. The van der Waals surface area contributed by atoms with E-state index in [0.717, 1.165) is 5.56 Å². The van der Waals surface area contributed by atoms with E-state index in [1.807, 2.05) is 6.07 Å². The Balaban J connectivity index is 1.82. The molecular formula is C20H21ClN2O4. The van der Waals surface area contributed by atoms with E-state index >= 15 is 0 Å². The van der Waals surface area contributed by atoms with Gasteiger partial charge in [-0.25, -0.2) is 4.79 Å². The van der Waals surface area contributed by atoms with Crippen molar-refractivity contribution >= 4 is 29.4 Å². The molecule has 2 amide bonds. The first-order chi connectivity index (χ1) is 12.9. The maximum absolute atomic E-state index is 12.1. The molecular weight excluding hydrogens is 368 g/mol. The van der Waals surface area contributed by atoms with Crippen LogP contribution in [0, 0.1) is 0 Å². The molecule has 0 radical (unpaired) electrons. The van der Waals surface area contributed by atoms with Gasteiger partial charge in [-0.05, 0) is 37.6 Å². The minimum Gasteiger partial charge on any atom is -0.451 e. The van der Waals surface area contributed by atoms with Crippen LogP contribution < -0.4 is 10.6 Å². The second kappa shape index (κ2) is 9.73. The molecule has 2 aromatic carbocycles. The molecule has 2 aromatic rings. The Morgan fingerprint density at radius 2 is 1.63 bits per heavy atom.